The van der Waals surface area contributed by atoms with Crippen molar-refractivity contribution in [3.05, 3.63) is 47.3 Å². The van der Waals surface area contributed by atoms with Crippen LogP contribution < -0.4 is 10.1 Å². The van der Waals surface area contributed by atoms with Crippen molar-refractivity contribution in [1.29, 1.82) is 0 Å². The molecule has 3 rings (SSSR count). The molecule has 0 fully saturated rings. The van der Waals surface area contributed by atoms with Gasteiger partial charge in [0.1, 0.15) is 11.4 Å². The van der Waals surface area contributed by atoms with Gasteiger partial charge in [-0.15, -0.1) is 0 Å². The summed E-state index contributed by atoms with van der Waals surface area (Å²) in [6.07, 6.45) is 6.72. The lowest BCUT2D eigenvalue weighted by Gasteiger charge is -2.18. The number of nitrogens with zero attached hydrogens (tertiary/aromatic N) is 2. The van der Waals surface area contributed by atoms with Gasteiger partial charge in [-0.2, -0.15) is 5.10 Å². The van der Waals surface area contributed by atoms with Gasteiger partial charge in [-0.3, -0.25) is 9.48 Å². The van der Waals surface area contributed by atoms with Gasteiger partial charge >= 0.3 is 0 Å². The highest BCUT2D eigenvalue weighted by atomic mass is 16.5. The topological polar surface area (TPSA) is 56.2 Å². The smallest absolute Gasteiger partial charge is 0.220 e. The third-order valence-corrected chi connectivity index (χ3v) is 4.63. The summed E-state index contributed by atoms with van der Waals surface area (Å²) < 4.78 is 7.70. The molecule has 1 aliphatic heterocycles. The first-order valence-electron chi connectivity index (χ1n) is 8.95. The quantitative estimate of drug-likeness (QED) is 0.877. The van der Waals surface area contributed by atoms with Crippen LogP contribution in [0, 0.1) is 0 Å². The second-order valence-corrected chi connectivity index (χ2v) is 7.46. The van der Waals surface area contributed by atoms with Gasteiger partial charge in [0.2, 0.25) is 5.91 Å². The van der Waals surface area contributed by atoms with E-state index in [-0.39, 0.29) is 17.6 Å². The molecule has 0 saturated heterocycles. The molecule has 0 radical (unpaired) electrons. The van der Waals surface area contributed by atoms with E-state index in [1.54, 1.807) is 4.68 Å². The van der Waals surface area contributed by atoms with E-state index < -0.39 is 0 Å². The molecule has 1 aromatic carbocycles. The van der Waals surface area contributed by atoms with Crippen molar-refractivity contribution in [2.24, 2.45) is 7.05 Å². The highest BCUT2D eigenvalue weighted by Crippen LogP contribution is 2.36. The molecule has 25 heavy (non-hydrogen) atoms. The molecule has 1 amide bonds. The average Bonchev–Trinajstić information content (AvgIpc) is 3.10. The molecule has 0 aliphatic carbocycles. The molecule has 1 N–H and O–H groups in total. The van der Waals surface area contributed by atoms with E-state index in [1.807, 2.05) is 25.5 Å². The standard InChI is InChI=1S/C20H27N3O2/c1-5-17(22-19(24)9-6-14-12-21-23(4)13-14)15-7-8-18-16(10-15)11-20(2,3)25-18/h7-8,10,12-13,17H,5-6,9,11H2,1-4H3,(H,22,24)/t17-/m1/s1. The highest BCUT2D eigenvalue weighted by molar-refractivity contribution is 5.76. The fraction of sp³-hybridized carbons (Fsp3) is 0.500. The van der Waals surface area contributed by atoms with Crippen LogP contribution in [-0.4, -0.2) is 21.3 Å². The lowest BCUT2D eigenvalue weighted by Crippen LogP contribution is -2.28. The number of hydrogen-bond donors (Lipinski definition) is 1. The summed E-state index contributed by atoms with van der Waals surface area (Å²) in [6.45, 7) is 6.30. The number of amides is 1. The van der Waals surface area contributed by atoms with E-state index in [0.717, 1.165) is 29.7 Å². The Morgan fingerprint density at radius 2 is 2.24 bits per heavy atom. The number of aryl methyl sites for hydroxylation is 2. The molecule has 0 unspecified atom stereocenters. The Bertz CT molecular complexity index is 764. The van der Waals surface area contributed by atoms with E-state index in [4.69, 9.17) is 4.74 Å². The Morgan fingerprint density at radius 1 is 1.44 bits per heavy atom. The van der Waals surface area contributed by atoms with Crippen LogP contribution in [0.3, 0.4) is 0 Å². The van der Waals surface area contributed by atoms with Crippen LogP contribution in [0.1, 0.15) is 56.3 Å². The molecule has 1 aromatic heterocycles. The first kappa shape index (κ1) is 17.5. The van der Waals surface area contributed by atoms with E-state index in [1.165, 1.54) is 5.56 Å². The second kappa shape index (κ2) is 6.90. The first-order valence-corrected chi connectivity index (χ1v) is 8.95. The Balaban J connectivity index is 1.62. The number of nitrogens with one attached hydrogen (secondary N) is 1. The Labute approximate surface area is 149 Å². The number of fused-ring (bicyclic) bond motifs is 1. The third-order valence-electron chi connectivity index (χ3n) is 4.63. The van der Waals surface area contributed by atoms with Gasteiger partial charge in [-0.1, -0.05) is 13.0 Å². The van der Waals surface area contributed by atoms with Crippen LogP contribution in [0.4, 0.5) is 0 Å². The lowest BCUT2D eigenvalue weighted by molar-refractivity contribution is -0.121. The SMILES string of the molecule is CC[C@@H](NC(=O)CCc1cnn(C)c1)c1ccc2c(c1)CC(C)(C)O2. The summed E-state index contributed by atoms with van der Waals surface area (Å²) in [7, 11) is 1.88. The minimum absolute atomic E-state index is 0.0374. The van der Waals surface area contributed by atoms with Crippen molar-refractivity contribution < 1.29 is 9.53 Å². The summed E-state index contributed by atoms with van der Waals surface area (Å²) in [5.74, 6) is 1.04. The number of rotatable bonds is 6. The fourth-order valence-corrected chi connectivity index (χ4v) is 3.39. The second-order valence-electron chi connectivity index (χ2n) is 7.46. The molecule has 134 valence electrons. The predicted octanol–water partition coefficient (Wildman–Crippen LogP) is 3.33. The number of hydrogen-bond acceptors (Lipinski definition) is 3. The molecule has 5 heteroatoms. The summed E-state index contributed by atoms with van der Waals surface area (Å²) in [6, 6.07) is 6.31. The lowest BCUT2D eigenvalue weighted by atomic mass is 9.97. The Kier molecular flexibility index (Phi) is 4.84. The normalized spacial score (nSPS) is 16.2. The molecule has 2 aromatic rings. The van der Waals surface area contributed by atoms with E-state index in [9.17, 15) is 4.79 Å². The van der Waals surface area contributed by atoms with Crippen LogP contribution in [0.5, 0.6) is 5.75 Å². The zero-order valence-corrected chi connectivity index (χ0v) is 15.5. The molecule has 5 nitrogen and oxygen atoms in total. The maximum absolute atomic E-state index is 12.3. The number of ether oxygens (including phenoxy) is 1. The molecule has 2 heterocycles. The van der Waals surface area contributed by atoms with Gasteiger partial charge in [-0.25, -0.2) is 0 Å². The van der Waals surface area contributed by atoms with Crippen molar-refractivity contribution in [3.8, 4) is 5.75 Å². The maximum Gasteiger partial charge on any atom is 0.220 e. The molecule has 1 atom stereocenters. The number of aromatic nitrogens is 2. The summed E-state index contributed by atoms with van der Waals surface area (Å²) in [5, 5.41) is 7.30. The molecule has 0 saturated carbocycles. The van der Waals surface area contributed by atoms with Gasteiger partial charge in [0.25, 0.3) is 0 Å². The predicted molar refractivity (Wildman–Crippen MR) is 97.6 cm³/mol. The van der Waals surface area contributed by atoms with E-state index in [2.05, 4.69) is 43.3 Å². The van der Waals surface area contributed by atoms with Crippen molar-refractivity contribution in [2.75, 3.05) is 0 Å². The fourth-order valence-electron chi connectivity index (χ4n) is 3.39. The van der Waals surface area contributed by atoms with Crippen molar-refractivity contribution in [3.63, 3.8) is 0 Å². The molecule has 0 spiro atoms. The van der Waals surface area contributed by atoms with E-state index in [0.29, 0.717) is 12.8 Å². The van der Waals surface area contributed by atoms with Gasteiger partial charge in [0, 0.05) is 26.1 Å². The number of benzene rings is 1. The van der Waals surface area contributed by atoms with Crippen LogP contribution in [-0.2, 0) is 24.7 Å². The van der Waals surface area contributed by atoms with E-state index >= 15 is 0 Å². The van der Waals surface area contributed by atoms with Gasteiger partial charge in [0.15, 0.2) is 0 Å². The van der Waals surface area contributed by atoms with Crippen LogP contribution >= 0.6 is 0 Å². The highest BCUT2D eigenvalue weighted by Gasteiger charge is 2.30. The molecule has 1 aliphatic rings. The van der Waals surface area contributed by atoms with Crippen molar-refractivity contribution >= 4 is 5.91 Å². The minimum atomic E-state index is -0.143. The number of carbonyl (C=O) groups excluding carboxylic acids is 1. The molecular weight excluding hydrogens is 314 g/mol. The molecular formula is C20H27N3O2. The zero-order chi connectivity index (χ0) is 18.0. The third kappa shape index (κ3) is 4.21. The Morgan fingerprint density at radius 3 is 2.92 bits per heavy atom. The van der Waals surface area contributed by atoms with Gasteiger partial charge in [0.05, 0.1) is 12.2 Å². The van der Waals surface area contributed by atoms with Crippen LogP contribution in [0.15, 0.2) is 30.6 Å². The minimum Gasteiger partial charge on any atom is -0.487 e. The zero-order valence-electron chi connectivity index (χ0n) is 15.5. The van der Waals surface area contributed by atoms with Gasteiger partial charge in [-0.05, 0) is 55.5 Å². The average molecular weight is 341 g/mol. The number of carbonyl (C=O) groups is 1. The maximum atomic E-state index is 12.3. The van der Waals surface area contributed by atoms with Crippen molar-refractivity contribution in [1.82, 2.24) is 15.1 Å². The van der Waals surface area contributed by atoms with Gasteiger partial charge < -0.3 is 10.1 Å². The largest absolute Gasteiger partial charge is 0.487 e. The molecule has 0 bridgehead atoms. The summed E-state index contributed by atoms with van der Waals surface area (Å²) in [4.78, 5) is 12.3. The first-order chi connectivity index (χ1) is 11.9. The summed E-state index contributed by atoms with van der Waals surface area (Å²) in [5.41, 5.74) is 3.32. The van der Waals surface area contributed by atoms with Crippen LogP contribution in [0.25, 0.3) is 0 Å². The monoisotopic (exact) mass is 341 g/mol. The van der Waals surface area contributed by atoms with Crippen molar-refractivity contribution in [2.45, 2.75) is 58.1 Å². The van der Waals surface area contributed by atoms with Crippen LogP contribution in [0.2, 0.25) is 0 Å². The Hall–Kier alpha value is -2.30. The summed E-state index contributed by atoms with van der Waals surface area (Å²) >= 11 is 0.